The Kier molecular flexibility index (Phi) is 7.11. The summed E-state index contributed by atoms with van der Waals surface area (Å²) in [4.78, 5) is 19.8. The van der Waals surface area contributed by atoms with Crippen LogP contribution in [0.2, 0.25) is 0 Å². The highest BCUT2D eigenvalue weighted by molar-refractivity contribution is 9.10. The van der Waals surface area contributed by atoms with E-state index in [2.05, 4.69) is 46.3 Å². The van der Waals surface area contributed by atoms with E-state index in [0.29, 0.717) is 4.53 Å². The fourth-order valence-corrected chi connectivity index (χ4v) is 6.71. The molecule has 0 fully saturated rings. The summed E-state index contributed by atoms with van der Waals surface area (Å²) in [6.07, 6.45) is 7.02. The Balaban J connectivity index is 1.55. The van der Waals surface area contributed by atoms with Crippen LogP contribution in [-0.4, -0.2) is 18.8 Å². The lowest BCUT2D eigenvalue weighted by Crippen LogP contribution is -2.39. The van der Waals surface area contributed by atoms with Crippen molar-refractivity contribution in [2.45, 2.75) is 25.3 Å². The third kappa shape index (κ3) is 5.04. The molecule has 4 aromatic rings. The van der Waals surface area contributed by atoms with Crippen molar-refractivity contribution in [2.75, 3.05) is 14.2 Å². The molecule has 1 atom stereocenters. The zero-order valence-corrected chi connectivity index (χ0v) is 24.1. The maximum Gasteiger partial charge on any atom is 0.271 e. The summed E-state index contributed by atoms with van der Waals surface area (Å²) in [6, 6.07) is 23.9. The molecule has 0 saturated carbocycles. The number of fused-ring (bicyclic) bond motifs is 1. The van der Waals surface area contributed by atoms with E-state index >= 15 is 0 Å². The van der Waals surface area contributed by atoms with Gasteiger partial charge >= 0.3 is 0 Å². The van der Waals surface area contributed by atoms with E-state index in [1.54, 1.807) is 14.2 Å². The molecule has 0 bridgehead atoms. The molecule has 5 nitrogen and oxygen atoms in total. The monoisotopic (exact) mass is 598 g/mol. The van der Waals surface area contributed by atoms with Gasteiger partial charge in [0.1, 0.15) is 11.5 Å². The molecule has 1 unspecified atom stereocenters. The van der Waals surface area contributed by atoms with Crippen molar-refractivity contribution in [1.82, 2.24) is 4.57 Å². The molecule has 0 radical (unpaired) electrons. The summed E-state index contributed by atoms with van der Waals surface area (Å²) < 4.78 is 14.3. The molecule has 6 rings (SSSR count). The highest BCUT2D eigenvalue weighted by Gasteiger charge is 2.32. The summed E-state index contributed by atoms with van der Waals surface area (Å²) >= 11 is 4.99. The topological polar surface area (TPSA) is 52.8 Å². The van der Waals surface area contributed by atoms with Crippen molar-refractivity contribution in [1.29, 1.82) is 0 Å². The smallest absolute Gasteiger partial charge is 0.271 e. The molecule has 39 heavy (non-hydrogen) atoms. The maximum absolute atomic E-state index is 13.9. The molecule has 0 spiro atoms. The van der Waals surface area contributed by atoms with Gasteiger partial charge in [-0.05, 0) is 95.6 Å². The van der Waals surface area contributed by atoms with E-state index in [1.807, 2.05) is 59.2 Å². The summed E-state index contributed by atoms with van der Waals surface area (Å²) in [6.45, 7) is 0. The molecule has 2 aliphatic rings. The summed E-state index contributed by atoms with van der Waals surface area (Å²) in [5.41, 5.74) is 6.51. The lowest BCUT2D eigenvalue weighted by molar-refractivity contribution is 0.414. The molecular weight excluding hydrogens is 572 g/mol. The Hall–Kier alpha value is -3.68. The van der Waals surface area contributed by atoms with Crippen molar-refractivity contribution in [3.63, 3.8) is 0 Å². The molecule has 2 heterocycles. The third-order valence-corrected chi connectivity index (χ3v) is 8.64. The second-order valence-electron chi connectivity index (χ2n) is 9.58. The first-order valence-corrected chi connectivity index (χ1v) is 14.4. The van der Waals surface area contributed by atoms with Gasteiger partial charge in [-0.2, -0.15) is 0 Å². The molecule has 0 N–H and O–H groups in total. The Morgan fingerprint density at radius 3 is 2.33 bits per heavy atom. The quantitative estimate of drug-likeness (QED) is 0.272. The number of benzene rings is 3. The van der Waals surface area contributed by atoms with Crippen molar-refractivity contribution in [3.8, 4) is 11.5 Å². The van der Waals surface area contributed by atoms with Gasteiger partial charge in [-0.3, -0.25) is 9.36 Å². The van der Waals surface area contributed by atoms with Gasteiger partial charge in [0.25, 0.3) is 5.56 Å². The van der Waals surface area contributed by atoms with E-state index in [1.165, 1.54) is 22.5 Å². The van der Waals surface area contributed by atoms with Crippen LogP contribution in [-0.2, 0) is 0 Å². The SMILES string of the molecule is COc1ccc(C=C2CCCC3=C2N=c2sc(=Cc4cccc(Br)c4)c(=O)n2C3c2ccc(OC)cc2)cc1. The number of hydrogen-bond donors (Lipinski definition) is 0. The van der Waals surface area contributed by atoms with Crippen molar-refractivity contribution in [2.24, 2.45) is 4.99 Å². The van der Waals surface area contributed by atoms with Crippen LogP contribution in [0.5, 0.6) is 11.5 Å². The molecular formula is C32H27BrN2O3S. The van der Waals surface area contributed by atoms with Crippen LogP contribution < -0.4 is 24.4 Å². The van der Waals surface area contributed by atoms with E-state index in [0.717, 1.165) is 62.4 Å². The fourth-order valence-electron chi connectivity index (χ4n) is 5.29. The number of hydrogen-bond acceptors (Lipinski definition) is 5. The molecule has 0 saturated heterocycles. The molecule has 7 heteroatoms. The van der Waals surface area contributed by atoms with E-state index in [4.69, 9.17) is 14.5 Å². The molecule has 1 aromatic heterocycles. The first-order chi connectivity index (χ1) is 19.0. The number of rotatable bonds is 5. The number of methoxy groups -OCH3 is 2. The highest BCUT2D eigenvalue weighted by Crippen LogP contribution is 2.41. The second-order valence-corrected chi connectivity index (χ2v) is 11.5. The van der Waals surface area contributed by atoms with Crippen molar-refractivity contribution in [3.05, 3.63) is 130 Å². The predicted molar refractivity (Wildman–Crippen MR) is 160 cm³/mol. The lowest BCUT2D eigenvalue weighted by Gasteiger charge is -2.31. The first kappa shape index (κ1) is 25.6. The average molecular weight is 600 g/mol. The zero-order valence-electron chi connectivity index (χ0n) is 21.7. The van der Waals surface area contributed by atoms with Crippen LogP contribution >= 0.6 is 27.3 Å². The number of halogens is 1. The summed E-state index contributed by atoms with van der Waals surface area (Å²) in [5, 5.41) is 0. The second kappa shape index (κ2) is 10.8. The van der Waals surface area contributed by atoms with Crippen LogP contribution in [0.3, 0.4) is 0 Å². The Morgan fingerprint density at radius 1 is 0.923 bits per heavy atom. The number of aromatic nitrogens is 1. The van der Waals surface area contributed by atoms with Gasteiger partial charge in [0.15, 0.2) is 4.80 Å². The minimum Gasteiger partial charge on any atom is -0.497 e. The van der Waals surface area contributed by atoms with Gasteiger partial charge in [-0.1, -0.05) is 63.7 Å². The van der Waals surface area contributed by atoms with E-state index < -0.39 is 0 Å². The third-order valence-electron chi connectivity index (χ3n) is 7.17. The average Bonchev–Trinajstić information content (AvgIpc) is 3.27. The lowest BCUT2D eigenvalue weighted by atomic mass is 9.84. The standard InChI is InChI=1S/C32H27BrN2O3S/c1-37-25-13-9-20(10-14-25)17-23-6-4-8-27-29(23)34-32-35(30(27)22-11-15-26(38-2)16-12-22)31(36)28(39-32)19-21-5-3-7-24(33)18-21/h3,5,7,9-19,30H,4,6,8H2,1-2H3. The van der Waals surface area contributed by atoms with E-state index in [9.17, 15) is 4.79 Å². The Labute approximate surface area is 239 Å². The number of ether oxygens (including phenoxy) is 2. The summed E-state index contributed by atoms with van der Waals surface area (Å²) in [5.74, 6) is 1.62. The molecule has 1 aliphatic heterocycles. The normalized spacial score (nSPS) is 18.0. The van der Waals surface area contributed by atoms with Gasteiger partial charge in [0.05, 0.1) is 30.5 Å². The van der Waals surface area contributed by atoms with Crippen LogP contribution in [0.15, 0.2) is 104 Å². The van der Waals surface area contributed by atoms with Crippen LogP contribution in [0, 0.1) is 0 Å². The molecule has 0 amide bonds. The van der Waals surface area contributed by atoms with Crippen LogP contribution in [0.4, 0.5) is 0 Å². The highest BCUT2D eigenvalue weighted by atomic mass is 79.9. The van der Waals surface area contributed by atoms with E-state index in [-0.39, 0.29) is 11.6 Å². The van der Waals surface area contributed by atoms with Gasteiger partial charge < -0.3 is 9.47 Å². The minimum atomic E-state index is -0.216. The molecule has 3 aromatic carbocycles. The number of allylic oxidation sites excluding steroid dienone is 2. The number of nitrogens with zero attached hydrogens (tertiary/aromatic N) is 2. The fraction of sp³-hybridized carbons (Fsp3) is 0.188. The van der Waals surface area contributed by atoms with Crippen molar-refractivity contribution >= 4 is 39.4 Å². The van der Waals surface area contributed by atoms with Gasteiger partial charge in [0, 0.05) is 4.47 Å². The van der Waals surface area contributed by atoms with Crippen LogP contribution in [0.1, 0.15) is 42.0 Å². The Bertz CT molecular complexity index is 1780. The Morgan fingerprint density at radius 2 is 1.64 bits per heavy atom. The van der Waals surface area contributed by atoms with Crippen LogP contribution in [0.25, 0.3) is 12.2 Å². The first-order valence-electron chi connectivity index (χ1n) is 12.8. The van der Waals surface area contributed by atoms with Gasteiger partial charge in [-0.15, -0.1) is 0 Å². The largest absolute Gasteiger partial charge is 0.497 e. The van der Waals surface area contributed by atoms with Gasteiger partial charge in [0.2, 0.25) is 0 Å². The maximum atomic E-state index is 13.9. The van der Waals surface area contributed by atoms with Crippen molar-refractivity contribution < 1.29 is 9.47 Å². The zero-order chi connectivity index (χ0) is 26.9. The number of thiazole rings is 1. The summed E-state index contributed by atoms with van der Waals surface area (Å²) in [7, 11) is 3.34. The predicted octanol–water partition coefficient (Wildman–Crippen LogP) is 6.26. The minimum absolute atomic E-state index is 0.0163. The van der Waals surface area contributed by atoms with Gasteiger partial charge in [-0.25, -0.2) is 4.99 Å². The molecule has 196 valence electrons. The molecule has 1 aliphatic carbocycles.